The van der Waals surface area contributed by atoms with Gasteiger partial charge < -0.3 is 11.1 Å². The molecule has 148 valence electrons. The number of terminal acetylenes is 1. The Balaban J connectivity index is 1.81. The van der Waals surface area contributed by atoms with Crippen LogP contribution in [-0.2, 0) is 22.8 Å². The predicted octanol–water partition coefficient (Wildman–Crippen LogP) is 1.38. The molecule has 0 aliphatic carbocycles. The van der Waals surface area contributed by atoms with Crippen molar-refractivity contribution in [1.29, 1.82) is 0 Å². The zero-order valence-corrected chi connectivity index (χ0v) is 16.6. The van der Waals surface area contributed by atoms with Gasteiger partial charge in [-0.15, -0.1) is 6.42 Å². The van der Waals surface area contributed by atoms with Gasteiger partial charge in [-0.25, -0.2) is 8.42 Å². The third-order valence-electron chi connectivity index (χ3n) is 4.71. The zero-order chi connectivity index (χ0) is 20.1. The molecule has 2 heterocycles. The highest BCUT2D eigenvalue weighted by atomic mass is 32.2. The number of para-hydroxylation sites is 1. The fourth-order valence-corrected chi connectivity index (χ4v) is 5.07. The van der Waals surface area contributed by atoms with Crippen LogP contribution in [-0.4, -0.2) is 52.4 Å². The van der Waals surface area contributed by atoms with Crippen molar-refractivity contribution in [2.24, 2.45) is 0 Å². The molecule has 1 aromatic heterocycles. The number of benzene rings is 1. The topological polar surface area (TPSA) is 114 Å². The average molecular weight is 401 g/mol. The minimum absolute atomic E-state index is 0.0983. The van der Waals surface area contributed by atoms with Gasteiger partial charge in [0, 0.05) is 11.7 Å². The van der Waals surface area contributed by atoms with Gasteiger partial charge in [0.25, 0.3) is 0 Å². The Hall–Kier alpha value is -2.70. The highest BCUT2D eigenvalue weighted by Crippen LogP contribution is 2.21. The van der Waals surface area contributed by atoms with Crippen molar-refractivity contribution < 1.29 is 8.42 Å². The molecular weight excluding hydrogens is 376 g/mol. The summed E-state index contributed by atoms with van der Waals surface area (Å²) in [5.74, 6) is 3.77. The number of nitrogen functional groups attached to an aromatic ring is 1. The second-order valence-corrected chi connectivity index (χ2v) is 8.96. The van der Waals surface area contributed by atoms with E-state index in [4.69, 9.17) is 12.2 Å². The van der Waals surface area contributed by atoms with Gasteiger partial charge in [-0.1, -0.05) is 31.0 Å². The lowest BCUT2D eigenvalue weighted by atomic mass is 10.1. The number of aromatic nitrogens is 3. The van der Waals surface area contributed by atoms with Crippen molar-refractivity contribution in [2.45, 2.75) is 32.4 Å². The van der Waals surface area contributed by atoms with Gasteiger partial charge in [0.1, 0.15) is 5.82 Å². The van der Waals surface area contributed by atoms with E-state index in [9.17, 15) is 8.42 Å². The largest absolute Gasteiger partial charge is 0.368 e. The molecule has 0 bridgehead atoms. The summed E-state index contributed by atoms with van der Waals surface area (Å²) in [5, 5.41) is 3.20. The van der Waals surface area contributed by atoms with Crippen molar-refractivity contribution in [3.63, 3.8) is 0 Å². The standard InChI is InChI=1S/C19H24N6O2S/c1-3-10-25(15-9-11-28(26,27)13-15)12-17-22-18(20)24-19(23-17)21-16-8-6-5-7-14(16)4-2/h1,5-8,15H,4,9-13H2,2H3,(H3,20,21,22,23,24). The van der Waals surface area contributed by atoms with Crippen LogP contribution in [0.4, 0.5) is 17.6 Å². The van der Waals surface area contributed by atoms with Gasteiger partial charge in [0.2, 0.25) is 11.9 Å². The summed E-state index contributed by atoms with van der Waals surface area (Å²) in [6, 6.07) is 7.75. The first-order valence-corrected chi connectivity index (χ1v) is 11.0. The normalized spacial score (nSPS) is 18.1. The Kier molecular flexibility index (Phi) is 6.11. The van der Waals surface area contributed by atoms with Crippen LogP contribution in [0.15, 0.2) is 24.3 Å². The van der Waals surface area contributed by atoms with Crippen LogP contribution in [0.25, 0.3) is 0 Å². The van der Waals surface area contributed by atoms with Crippen LogP contribution in [0.5, 0.6) is 0 Å². The summed E-state index contributed by atoms with van der Waals surface area (Å²) in [6.45, 7) is 2.69. The number of hydrogen-bond donors (Lipinski definition) is 2. The van der Waals surface area contributed by atoms with Crippen LogP contribution in [0.1, 0.15) is 24.7 Å². The molecule has 9 heteroatoms. The Morgan fingerprint density at radius 2 is 2.11 bits per heavy atom. The lowest BCUT2D eigenvalue weighted by Gasteiger charge is -2.25. The van der Waals surface area contributed by atoms with Gasteiger partial charge >= 0.3 is 0 Å². The molecule has 1 aliphatic rings. The summed E-state index contributed by atoms with van der Waals surface area (Å²) in [4.78, 5) is 14.7. The van der Waals surface area contributed by atoms with Gasteiger partial charge in [-0.3, -0.25) is 4.90 Å². The van der Waals surface area contributed by atoms with E-state index >= 15 is 0 Å². The number of sulfone groups is 1. The molecule has 1 atom stereocenters. The summed E-state index contributed by atoms with van der Waals surface area (Å²) in [7, 11) is -3.02. The van der Waals surface area contributed by atoms with Gasteiger partial charge in [-0.05, 0) is 24.5 Å². The number of nitrogens with one attached hydrogen (secondary N) is 1. The molecule has 0 amide bonds. The van der Waals surface area contributed by atoms with E-state index in [0.29, 0.717) is 31.3 Å². The molecule has 1 saturated heterocycles. The maximum Gasteiger partial charge on any atom is 0.232 e. The number of nitrogens with two attached hydrogens (primary N) is 1. The van der Waals surface area contributed by atoms with Crippen molar-refractivity contribution in [3.05, 3.63) is 35.7 Å². The number of anilines is 3. The van der Waals surface area contributed by atoms with Crippen LogP contribution < -0.4 is 11.1 Å². The molecule has 1 fully saturated rings. The van der Waals surface area contributed by atoms with Gasteiger partial charge in [-0.2, -0.15) is 15.0 Å². The SMILES string of the molecule is C#CCN(Cc1nc(N)nc(Nc2ccccc2CC)n1)C1CCS(=O)(=O)C1. The van der Waals surface area contributed by atoms with Crippen molar-refractivity contribution >= 4 is 27.4 Å². The Labute approximate surface area is 165 Å². The molecule has 8 nitrogen and oxygen atoms in total. The molecule has 1 aromatic carbocycles. The van der Waals surface area contributed by atoms with Crippen molar-refractivity contribution in [2.75, 3.05) is 29.1 Å². The van der Waals surface area contributed by atoms with E-state index < -0.39 is 9.84 Å². The minimum atomic E-state index is -3.02. The minimum Gasteiger partial charge on any atom is -0.368 e. The van der Waals surface area contributed by atoms with Crippen molar-refractivity contribution in [3.8, 4) is 12.3 Å². The van der Waals surface area contributed by atoms with E-state index in [0.717, 1.165) is 17.7 Å². The Bertz CT molecular complexity index is 986. The highest BCUT2D eigenvalue weighted by molar-refractivity contribution is 7.91. The first kappa shape index (κ1) is 20.0. The molecule has 3 rings (SSSR count). The van der Waals surface area contributed by atoms with Gasteiger partial charge in [0.15, 0.2) is 9.84 Å². The quantitative estimate of drug-likeness (QED) is 0.670. The third-order valence-corrected chi connectivity index (χ3v) is 6.46. The molecule has 1 aliphatic heterocycles. The summed E-state index contributed by atoms with van der Waals surface area (Å²) in [5.41, 5.74) is 7.91. The van der Waals surface area contributed by atoms with Gasteiger partial charge in [0.05, 0.1) is 24.6 Å². The monoisotopic (exact) mass is 400 g/mol. The fourth-order valence-electron chi connectivity index (χ4n) is 3.31. The number of rotatable bonds is 7. The predicted molar refractivity (Wildman–Crippen MR) is 110 cm³/mol. The van der Waals surface area contributed by atoms with Crippen LogP contribution in [0.3, 0.4) is 0 Å². The summed E-state index contributed by atoms with van der Waals surface area (Å²) < 4.78 is 23.6. The van der Waals surface area contributed by atoms with E-state index in [-0.39, 0.29) is 23.5 Å². The fraction of sp³-hybridized carbons (Fsp3) is 0.421. The van der Waals surface area contributed by atoms with Crippen molar-refractivity contribution in [1.82, 2.24) is 19.9 Å². The zero-order valence-electron chi connectivity index (χ0n) is 15.8. The second kappa shape index (κ2) is 8.54. The molecule has 0 saturated carbocycles. The lowest BCUT2D eigenvalue weighted by molar-refractivity contribution is 0.225. The molecule has 0 radical (unpaired) electrons. The summed E-state index contributed by atoms with van der Waals surface area (Å²) >= 11 is 0. The van der Waals surface area contributed by atoms with E-state index in [1.54, 1.807) is 0 Å². The van der Waals surface area contributed by atoms with E-state index in [1.807, 2.05) is 29.2 Å². The molecule has 2 aromatic rings. The Morgan fingerprint density at radius 1 is 1.32 bits per heavy atom. The maximum absolute atomic E-state index is 11.8. The first-order valence-electron chi connectivity index (χ1n) is 9.13. The number of hydrogen-bond acceptors (Lipinski definition) is 8. The number of nitrogens with zero attached hydrogens (tertiary/aromatic N) is 4. The lowest BCUT2D eigenvalue weighted by Crippen LogP contribution is -2.36. The molecule has 1 unspecified atom stereocenters. The summed E-state index contributed by atoms with van der Waals surface area (Å²) in [6.07, 6.45) is 6.90. The molecule has 28 heavy (non-hydrogen) atoms. The van der Waals surface area contributed by atoms with Crippen LogP contribution >= 0.6 is 0 Å². The Morgan fingerprint density at radius 3 is 2.79 bits per heavy atom. The molecule has 3 N–H and O–H groups in total. The highest BCUT2D eigenvalue weighted by Gasteiger charge is 2.32. The maximum atomic E-state index is 11.8. The van der Waals surface area contributed by atoms with Crippen LogP contribution in [0.2, 0.25) is 0 Å². The average Bonchev–Trinajstić information content (AvgIpc) is 3.01. The van der Waals surface area contributed by atoms with Crippen LogP contribution in [0, 0.1) is 12.3 Å². The third kappa shape index (κ3) is 4.97. The smallest absolute Gasteiger partial charge is 0.232 e. The second-order valence-electron chi connectivity index (χ2n) is 6.74. The van der Waals surface area contributed by atoms with E-state index in [2.05, 4.69) is 33.1 Å². The first-order chi connectivity index (χ1) is 13.4. The molecular formula is C19H24N6O2S. The van der Waals surface area contributed by atoms with E-state index in [1.165, 1.54) is 0 Å². The number of aryl methyl sites for hydroxylation is 1. The molecule has 0 spiro atoms.